The van der Waals surface area contributed by atoms with Crippen molar-refractivity contribution in [3.8, 4) is 0 Å². The lowest BCUT2D eigenvalue weighted by atomic mass is 9.79. The van der Waals surface area contributed by atoms with Gasteiger partial charge in [0.05, 0.1) is 29.9 Å². The van der Waals surface area contributed by atoms with Crippen LogP contribution in [0.3, 0.4) is 0 Å². The molecule has 4 aliphatic rings. The van der Waals surface area contributed by atoms with Crippen LogP contribution in [0.15, 0.2) is 0 Å². The van der Waals surface area contributed by atoms with Gasteiger partial charge in [0.15, 0.2) is 0 Å². The van der Waals surface area contributed by atoms with Crippen molar-refractivity contribution in [3.63, 3.8) is 0 Å². The Labute approximate surface area is 176 Å². The number of carbonyl (C=O) groups is 3. The summed E-state index contributed by atoms with van der Waals surface area (Å²) in [6.45, 7) is 4.72. The van der Waals surface area contributed by atoms with E-state index in [1.165, 1.54) is 31.0 Å². The molecule has 3 heterocycles. The van der Waals surface area contributed by atoms with Gasteiger partial charge in [-0.25, -0.2) is 4.79 Å². The van der Waals surface area contributed by atoms with Gasteiger partial charge in [-0.2, -0.15) is 0 Å². The van der Waals surface area contributed by atoms with E-state index in [0.717, 1.165) is 19.3 Å². The third-order valence-corrected chi connectivity index (χ3v) is 8.94. The maximum atomic E-state index is 13.1. The highest BCUT2D eigenvalue weighted by Crippen LogP contribution is 2.50. The zero-order valence-corrected chi connectivity index (χ0v) is 18.0. The van der Waals surface area contributed by atoms with Crippen LogP contribution in [0.2, 0.25) is 0 Å². The Balaban J connectivity index is 1.49. The Morgan fingerprint density at radius 3 is 2.62 bits per heavy atom. The smallest absolute Gasteiger partial charge is 0.330 e. The molecule has 0 radical (unpaired) electrons. The standard InChI is InChI=1S/C21H32N2O5S/c1-11-16-15(12(2)24)20(26)23(16)17(18(11)29-14-8-9-22-19(14)25)21(27)28-10-13-6-4-3-5-7-13/h11-18,24H,3-10H2,1-2H3,(H,22,25). The number of hydrogen-bond acceptors (Lipinski definition) is 6. The van der Waals surface area contributed by atoms with Crippen LogP contribution in [0.5, 0.6) is 0 Å². The van der Waals surface area contributed by atoms with Gasteiger partial charge >= 0.3 is 5.97 Å². The van der Waals surface area contributed by atoms with Crippen molar-refractivity contribution in [2.75, 3.05) is 13.2 Å². The first-order valence-electron chi connectivity index (χ1n) is 11.0. The van der Waals surface area contributed by atoms with Crippen molar-refractivity contribution in [2.24, 2.45) is 17.8 Å². The summed E-state index contributed by atoms with van der Waals surface area (Å²) in [5.74, 6) is -0.566. The molecule has 8 heteroatoms. The zero-order valence-electron chi connectivity index (χ0n) is 17.2. The van der Waals surface area contributed by atoms with E-state index in [4.69, 9.17) is 4.74 Å². The van der Waals surface area contributed by atoms with Crippen molar-refractivity contribution in [3.05, 3.63) is 0 Å². The van der Waals surface area contributed by atoms with Crippen LogP contribution in [-0.2, 0) is 19.1 Å². The molecular weight excluding hydrogens is 392 g/mol. The number of nitrogens with one attached hydrogen (secondary N) is 1. The van der Waals surface area contributed by atoms with E-state index in [-0.39, 0.29) is 40.2 Å². The number of thioether (sulfide) groups is 1. The predicted molar refractivity (Wildman–Crippen MR) is 109 cm³/mol. The maximum Gasteiger partial charge on any atom is 0.330 e. The lowest BCUT2D eigenvalue weighted by Crippen LogP contribution is -2.65. The van der Waals surface area contributed by atoms with Crippen LogP contribution in [0.25, 0.3) is 0 Å². The van der Waals surface area contributed by atoms with Crippen LogP contribution in [0.1, 0.15) is 52.4 Å². The van der Waals surface area contributed by atoms with Gasteiger partial charge in [0.25, 0.3) is 0 Å². The molecule has 0 spiro atoms. The average molecular weight is 425 g/mol. The van der Waals surface area contributed by atoms with Crippen LogP contribution >= 0.6 is 11.8 Å². The molecule has 2 N–H and O–H groups in total. The van der Waals surface area contributed by atoms with Crippen molar-refractivity contribution in [2.45, 2.75) is 81.1 Å². The average Bonchev–Trinajstić information content (AvgIpc) is 3.20. The second-order valence-electron chi connectivity index (χ2n) is 9.11. The second-order valence-corrected chi connectivity index (χ2v) is 10.5. The summed E-state index contributed by atoms with van der Waals surface area (Å²) >= 11 is 1.50. The lowest BCUT2D eigenvalue weighted by Gasteiger charge is -2.47. The third kappa shape index (κ3) is 3.78. The molecule has 0 aromatic heterocycles. The number of fused-ring (bicyclic) bond motifs is 1. The van der Waals surface area contributed by atoms with E-state index in [1.807, 2.05) is 6.92 Å². The summed E-state index contributed by atoms with van der Waals surface area (Å²) in [6, 6.07) is -0.837. The highest BCUT2D eigenvalue weighted by Gasteiger charge is 2.65. The van der Waals surface area contributed by atoms with Gasteiger partial charge in [0, 0.05) is 11.8 Å². The minimum absolute atomic E-state index is 0.00386. The van der Waals surface area contributed by atoms with Gasteiger partial charge in [-0.1, -0.05) is 26.2 Å². The van der Waals surface area contributed by atoms with Gasteiger partial charge in [0.2, 0.25) is 11.8 Å². The Morgan fingerprint density at radius 2 is 2.00 bits per heavy atom. The summed E-state index contributed by atoms with van der Waals surface area (Å²) in [7, 11) is 0. The van der Waals surface area contributed by atoms with Gasteiger partial charge in [-0.05, 0) is 38.0 Å². The molecule has 1 saturated carbocycles. The van der Waals surface area contributed by atoms with Crippen LogP contribution in [0, 0.1) is 17.8 Å². The molecular formula is C21H32N2O5S. The van der Waals surface area contributed by atoms with Crippen molar-refractivity contribution in [1.82, 2.24) is 10.2 Å². The second kappa shape index (κ2) is 8.46. The Kier molecular flexibility index (Phi) is 6.11. The van der Waals surface area contributed by atoms with E-state index in [2.05, 4.69) is 5.32 Å². The fourth-order valence-electron chi connectivity index (χ4n) is 5.57. The first-order valence-corrected chi connectivity index (χ1v) is 11.9. The lowest BCUT2D eigenvalue weighted by molar-refractivity contribution is -0.173. The van der Waals surface area contributed by atoms with Crippen molar-refractivity contribution in [1.29, 1.82) is 0 Å². The number of amides is 2. The number of hydrogen-bond donors (Lipinski definition) is 2. The fourth-order valence-corrected chi connectivity index (χ4v) is 7.21. The number of β-lactam (4-membered cyclic amide) rings is 1. The summed E-state index contributed by atoms with van der Waals surface area (Å²) in [5, 5.41) is 12.5. The molecule has 4 fully saturated rings. The molecule has 2 amide bonds. The molecule has 0 aromatic rings. The van der Waals surface area contributed by atoms with Gasteiger partial charge in [-0.3, -0.25) is 9.59 Å². The number of ether oxygens (including phenoxy) is 1. The zero-order chi connectivity index (χ0) is 20.7. The van der Waals surface area contributed by atoms with E-state index >= 15 is 0 Å². The molecule has 3 saturated heterocycles. The number of esters is 1. The molecule has 4 rings (SSSR count). The Bertz CT molecular complexity index is 665. The normalized spacial score (nSPS) is 38.4. The van der Waals surface area contributed by atoms with Crippen molar-refractivity contribution < 1.29 is 24.2 Å². The molecule has 0 bridgehead atoms. The number of rotatable bonds is 6. The first-order chi connectivity index (χ1) is 13.9. The van der Waals surface area contributed by atoms with E-state index in [9.17, 15) is 19.5 Å². The third-order valence-electron chi connectivity index (χ3n) is 7.16. The van der Waals surface area contributed by atoms with Crippen molar-refractivity contribution >= 4 is 29.5 Å². The topological polar surface area (TPSA) is 95.9 Å². The largest absolute Gasteiger partial charge is 0.464 e. The number of carbonyl (C=O) groups excluding carboxylic acids is 3. The predicted octanol–water partition coefficient (Wildman–Crippen LogP) is 1.33. The Morgan fingerprint density at radius 1 is 1.28 bits per heavy atom. The monoisotopic (exact) mass is 424 g/mol. The van der Waals surface area contributed by atoms with Gasteiger partial charge < -0.3 is 20.1 Å². The highest BCUT2D eigenvalue weighted by atomic mass is 32.2. The van der Waals surface area contributed by atoms with E-state index in [0.29, 0.717) is 19.1 Å². The van der Waals surface area contributed by atoms with Crippen LogP contribution in [0.4, 0.5) is 0 Å². The molecule has 0 aromatic carbocycles. The van der Waals surface area contributed by atoms with Crippen LogP contribution < -0.4 is 5.32 Å². The Hall–Kier alpha value is -1.28. The molecule has 7 nitrogen and oxygen atoms in total. The number of nitrogens with zero attached hydrogens (tertiary/aromatic N) is 1. The summed E-state index contributed by atoms with van der Waals surface area (Å²) < 4.78 is 5.72. The SMILES string of the molecule is CC(O)C1C(=O)N2C(C(=O)OCC3CCCCC3)C(SC3CCNC3=O)C(C)C12. The number of aliphatic hydroxyl groups excluding tert-OH is 1. The maximum absolute atomic E-state index is 13.1. The van der Waals surface area contributed by atoms with E-state index in [1.54, 1.807) is 11.8 Å². The fraction of sp³-hybridized carbons (Fsp3) is 0.857. The summed E-state index contributed by atoms with van der Waals surface area (Å²) in [4.78, 5) is 39.6. The molecule has 3 aliphatic heterocycles. The minimum atomic E-state index is -0.747. The minimum Gasteiger partial charge on any atom is -0.464 e. The quantitative estimate of drug-likeness (QED) is 0.493. The molecule has 7 unspecified atom stereocenters. The van der Waals surface area contributed by atoms with E-state index < -0.39 is 18.1 Å². The first kappa shape index (κ1) is 21.0. The van der Waals surface area contributed by atoms with Gasteiger partial charge in [0.1, 0.15) is 6.04 Å². The highest BCUT2D eigenvalue weighted by molar-refractivity contribution is 8.01. The summed E-state index contributed by atoms with van der Waals surface area (Å²) in [6.07, 6.45) is 5.77. The number of aliphatic hydroxyl groups is 1. The molecule has 7 atom stereocenters. The summed E-state index contributed by atoms with van der Waals surface area (Å²) in [5.41, 5.74) is 0. The molecule has 29 heavy (non-hydrogen) atoms. The van der Waals surface area contributed by atoms with Crippen LogP contribution in [-0.4, -0.2) is 69.6 Å². The van der Waals surface area contributed by atoms with Gasteiger partial charge in [-0.15, -0.1) is 11.8 Å². The molecule has 162 valence electrons. The molecule has 1 aliphatic carbocycles.